The lowest BCUT2D eigenvalue weighted by Crippen LogP contribution is -2.41. The van der Waals surface area contributed by atoms with Crippen LogP contribution in [0.25, 0.3) is 0 Å². The van der Waals surface area contributed by atoms with E-state index in [0.717, 1.165) is 6.42 Å². The molecule has 1 saturated heterocycles. The fourth-order valence-electron chi connectivity index (χ4n) is 1.86. The molecule has 0 aliphatic carbocycles. The summed E-state index contributed by atoms with van der Waals surface area (Å²) in [4.78, 5) is 12.9. The van der Waals surface area contributed by atoms with Crippen LogP contribution < -0.4 is 0 Å². The molecule has 14 heavy (non-hydrogen) atoms. The van der Waals surface area contributed by atoms with Gasteiger partial charge in [0.15, 0.2) is 0 Å². The third-order valence-electron chi connectivity index (χ3n) is 2.86. The Kier molecular flexibility index (Phi) is 3.17. The van der Waals surface area contributed by atoms with Gasteiger partial charge in [-0.05, 0) is 27.2 Å². The van der Waals surface area contributed by atoms with E-state index in [0.29, 0.717) is 13.1 Å². The van der Waals surface area contributed by atoms with Crippen molar-refractivity contribution in [2.75, 3.05) is 13.1 Å². The number of rotatable bonds is 3. The summed E-state index contributed by atoms with van der Waals surface area (Å²) in [7, 11) is 0. The zero-order valence-electron chi connectivity index (χ0n) is 9.03. The first-order chi connectivity index (χ1) is 6.33. The molecule has 1 fully saturated rings. The van der Waals surface area contributed by atoms with E-state index < -0.39 is 11.4 Å². The number of carbonyl (C=O) groups is 1. The molecule has 0 saturated carbocycles. The Bertz CT molecular complexity index is 227. The highest BCUT2D eigenvalue weighted by atomic mass is 16.4. The Labute approximate surface area is 84.5 Å². The third kappa shape index (κ3) is 2.45. The van der Waals surface area contributed by atoms with Gasteiger partial charge in [-0.3, -0.25) is 9.69 Å². The summed E-state index contributed by atoms with van der Waals surface area (Å²) in [5.41, 5.74) is -0.738. The van der Waals surface area contributed by atoms with Crippen molar-refractivity contribution in [3.63, 3.8) is 0 Å². The largest absolute Gasteiger partial charge is 0.481 e. The molecule has 1 rings (SSSR count). The number of likely N-dealkylation sites (tertiary alicyclic amines) is 1. The Hall–Kier alpha value is -0.610. The van der Waals surface area contributed by atoms with Crippen molar-refractivity contribution in [3.8, 4) is 0 Å². The molecule has 0 aromatic carbocycles. The van der Waals surface area contributed by atoms with Gasteiger partial charge >= 0.3 is 5.97 Å². The van der Waals surface area contributed by atoms with Crippen molar-refractivity contribution in [1.82, 2.24) is 4.90 Å². The van der Waals surface area contributed by atoms with Crippen molar-refractivity contribution in [2.24, 2.45) is 5.41 Å². The second kappa shape index (κ2) is 3.87. The van der Waals surface area contributed by atoms with E-state index in [-0.39, 0.29) is 12.1 Å². The zero-order chi connectivity index (χ0) is 10.9. The van der Waals surface area contributed by atoms with Crippen LogP contribution in [0.3, 0.4) is 0 Å². The Morgan fingerprint density at radius 1 is 1.57 bits per heavy atom. The maximum atomic E-state index is 10.9. The summed E-state index contributed by atoms with van der Waals surface area (Å²) in [5.74, 6) is -0.786. The molecule has 0 bridgehead atoms. The molecule has 82 valence electrons. The summed E-state index contributed by atoms with van der Waals surface area (Å²) in [6.07, 6.45) is 0.449. The van der Waals surface area contributed by atoms with Gasteiger partial charge in [-0.1, -0.05) is 0 Å². The van der Waals surface area contributed by atoms with E-state index in [2.05, 4.69) is 0 Å². The van der Waals surface area contributed by atoms with E-state index in [1.807, 2.05) is 11.8 Å². The number of hydrogen-bond acceptors (Lipinski definition) is 3. The Morgan fingerprint density at radius 2 is 2.14 bits per heavy atom. The first-order valence-electron chi connectivity index (χ1n) is 4.98. The number of nitrogens with zero attached hydrogens (tertiary/aromatic N) is 1. The lowest BCUT2D eigenvalue weighted by Gasteiger charge is -2.29. The first-order valence-corrected chi connectivity index (χ1v) is 4.98. The molecule has 1 aliphatic heterocycles. The van der Waals surface area contributed by atoms with Crippen LogP contribution in [0.1, 0.15) is 27.2 Å². The first kappa shape index (κ1) is 11.5. The molecule has 1 heterocycles. The topological polar surface area (TPSA) is 60.8 Å². The fourth-order valence-corrected chi connectivity index (χ4v) is 1.86. The average molecular weight is 201 g/mol. The van der Waals surface area contributed by atoms with E-state index in [9.17, 15) is 9.90 Å². The summed E-state index contributed by atoms with van der Waals surface area (Å²) < 4.78 is 0. The Balaban J connectivity index is 2.56. The van der Waals surface area contributed by atoms with Gasteiger partial charge in [0.25, 0.3) is 0 Å². The molecule has 1 aliphatic rings. The van der Waals surface area contributed by atoms with E-state index in [4.69, 9.17) is 5.11 Å². The molecule has 0 aromatic rings. The lowest BCUT2D eigenvalue weighted by molar-refractivity contribution is -0.148. The number of aliphatic hydroxyl groups excluding tert-OH is 1. The zero-order valence-corrected chi connectivity index (χ0v) is 9.03. The number of aliphatic hydroxyl groups is 1. The maximum absolute atomic E-state index is 10.9. The van der Waals surface area contributed by atoms with Crippen LogP contribution in [0.4, 0.5) is 0 Å². The summed E-state index contributed by atoms with van der Waals surface area (Å²) >= 11 is 0. The second-order valence-corrected chi connectivity index (χ2v) is 4.86. The minimum atomic E-state index is -0.786. The highest BCUT2D eigenvalue weighted by Gasteiger charge is 2.35. The van der Waals surface area contributed by atoms with Gasteiger partial charge in [0, 0.05) is 19.1 Å². The van der Waals surface area contributed by atoms with Crippen LogP contribution in [0.15, 0.2) is 0 Å². The van der Waals surface area contributed by atoms with Crippen LogP contribution in [-0.2, 0) is 4.79 Å². The van der Waals surface area contributed by atoms with Gasteiger partial charge in [-0.2, -0.15) is 0 Å². The van der Waals surface area contributed by atoms with Crippen LogP contribution in [0.5, 0.6) is 0 Å². The fraction of sp³-hybridized carbons (Fsp3) is 0.900. The third-order valence-corrected chi connectivity index (χ3v) is 2.86. The molecule has 4 heteroatoms. The predicted octanol–water partition coefficient (Wildman–Crippen LogP) is 0.552. The Morgan fingerprint density at radius 3 is 2.50 bits per heavy atom. The van der Waals surface area contributed by atoms with E-state index >= 15 is 0 Å². The minimum absolute atomic E-state index is 0.281. The number of aliphatic carboxylic acids is 1. The predicted molar refractivity (Wildman–Crippen MR) is 53.1 cm³/mol. The molecule has 0 spiro atoms. The molecule has 0 aromatic heterocycles. The monoisotopic (exact) mass is 201 g/mol. The molecule has 4 nitrogen and oxygen atoms in total. The molecular weight excluding hydrogens is 182 g/mol. The van der Waals surface area contributed by atoms with Gasteiger partial charge in [-0.15, -0.1) is 0 Å². The lowest BCUT2D eigenvalue weighted by atomic mass is 9.93. The van der Waals surface area contributed by atoms with Gasteiger partial charge in [0.2, 0.25) is 0 Å². The van der Waals surface area contributed by atoms with Crippen molar-refractivity contribution in [3.05, 3.63) is 0 Å². The van der Waals surface area contributed by atoms with Crippen molar-refractivity contribution in [2.45, 2.75) is 39.3 Å². The number of hydrogen-bond donors (Lipinski definition) is 2. The smallest absolute Gasteiger partial charge is 0.310 e. The maximum Gasteiger partial charge on any atom is 0.310 e. The standard InChI is InChI=1S/C10H19NO3/c1-7-4-8(12)5-11(7)6-10(2,3)9(13)14/h7-8,12H,4-6H2,1-3H3,(H,13,14). The van der Waals surface area contributed by atoms with Crippen molar-refractivity contribution in [1.29, 1.82) is 0 Å². The van der Waals surface area contributed by atoms with Crippen molar-refractivity contribution >= 4 is 5.97 Å². The molecule has 2 unspecified atom stereocenters. The number of carboxylic acid groups (broad SMARTS) is 1. The van der Waals surface area contributed by atoms with Gasteiger partial charge in [-0.25, -0.2) is 0 Å². The highest BCUT2D eigenvalue weighted by molar-refractivity contribution is 5.73. The van der Waals surface area contributed by atoms with Crippen molar-refractivity contribution < 1.29 is 15.0 Å². The molecular formula is C10H19NO3. The average Bonchev–Trinajstić information content (AvgIpc) is 2.29. The molecule has 2 atom stereocenters. The van der Waals surface area contributed by atoms with Crippen LogP contribution in [-0.4, -0.2) is 46.3 Å². The summed E-state index contributed by atoms with van der Waals surface area (Å²) in [6, 6.07) is 0.281. The molecule has 2 N–H and O–H groups in total. The SMILES string of the molecule is CC1CC(O)CN1CC(C)(C)C(=O)O. The van der Waals surface area contributed by atoms with Gasteiger partial charge in [0.1, 0.15) is 0 Å². The summed E-state index contributed by atoms with van der Waals surface area (Å²) in [5, 5.41) is 18.4. The highest BCUT2D eigenvalue weighted by Crippen LogP contribution is 2.24. The van der Waals surface area contributed by atoms with Crippen LogP contribution in [0.2, 0.25) is 0 Å². The van der Waals surface area contributed by atoms with E-state index in [1.54, 1.807) is 13.8 Å². The van der Waals surface area contributed by atoms with Gasteiger partial charge < -0.3 is 10.2 Å². The quantitative estimate of drug-likeness (QED) is 0.700. The normalized spacial score (nSPS) is 29.4. The van der Waals surface area contributed by atoms with Gasteiger partial charge in [0.05, 0.1) is 11.5 Å². The number of carboxylic acids is 1. The second-order valence-electron chi connectivity index (χ2n) is 4.86. The molecule has 0 amide bonds. The molecule has 0 radical (unpaired) electrons. The van der Waals surface area contributed by atoms with Crippen LogP contribution >= 0.6 is 0 Å². The minimum Gasteiger partial charge on any atom is -0.481 e. The van der Waals surface area contributed by atoms with E-state index in [1.165, 1.54) is 0 Å². The summed E-state index contributed by atoms with van der Waals surface area (Å²) in [6.45, 7) is 6.55. The number of β-amino-alcohol motifs (C(OH)–C–C–N with tert-alkyl or cyclic N) is 1. The van der Waals surface area contributed by atoms with Crippen LogP contribution in [0, 0.1) is 5.41 Å².